The highest BCUT2D eigenvalue weighted by atomic mass is 16.5. The lowest BCUT2D eigenvalue weighted by molar-refractivity contribution is -0.135. The van der Waals surface area contributed by atoms with E-state index in [1.54, 1.807) is 36.4 Å². The zero-order valence-electron chi connectivity index (χ0n) is 45.3. The summed E-state index contributed by atoms with van der Waals surface area (Å²) >= 11 is 0. The highest BCUT2D eigenvalue weighted by Gasteiger charge is 2.56. The van der Waals surface area contributed by atoms with E-state index in [0.717, 1.165) is 104 Å². The smallest absolute Gasteiger partial charge is 0.163 e. The van der Waals surface area contributed by atoms with Gasteiger partial charge in [0.15, 0.2) is 17.3 Å². The van der Waals surface area contributed by atoms with Crippen LogP contribution in [0.2, 0.25) is 0 Å². The van der Waals surface area contributed by atoms with Crippen molar-refractivity contribution in [3.8, 4) is 29.1 Å². The highest BCUT2D eigenvalue weighted by molar-refractivity contribution is 6.05. The Morgan fingerprint density at radius 3 is 2.47 bits per heavy atom. The maximum Gasteiger partial charge on any atom is 0.163 e. The number of benzene rings is 3. The molecule has 5 aliphatic carbocycles. The fraction of sp³-hybridized carbons (Fsp3) is 0.485. The lowest BCUT2D eigenvalue weighted by atomic mass is 9.65. The van der Waals surface area contributed by atoms with E-state index in [-0.39, 0.29) is 65.8 Å². The third-order valence-corrected chi connectivity index (χ3v) is 19.6. The lowest BCUT2D eigenvalue weighted by Crippen LogP contribution is -2.46. The number of aliphatic hydroxyl groups is 4. The zero-order chi connectivity index (χ0) is 54.6. The second-order valence-corrected chi connectivity index (χ2v) is 24.4. The van der Waals surface area contributed by atoms with E-state index in [2.05, 4.69) is 44.6 Å². The average molecular weight is 1070 g/mol. The molecule has 0 amide bonds. The van der Waals surface area contributed by atoms with Gasteiger partial charge in [-0.05, 0) is 183 Å². The standard InChI is InChI=1S/C66H76N4O9/c1-67-37-43-13-15-53-49-35-54-47(20-29-68-54)51(36-65(78)24-17-40-7-6-10-55(72)46(40)18-25-65)58(49)61(76)48(21-30-71)56(73)16-11-39-31-50(60(75)57(32-39)79-45-8-2-3-9-45)59(74)41-12-14-52(44(33-41)34-42-19-28-69-63(42)70-53)66(62(43)77)27-26-64(38-66)22-4-5-23-64/h6-7,10,12,14,18-20,25,28-29,31-33,35,43,45,48,51,53,58-59,62,67-72,74-75,77-78H,2-5,8-9,11,16-17,21-24,26-27,30,34,36-38H2,1H3. The Morgan fingerprint density at radius 1 is 0.835 bits per heavy atom. The average Bonchev–Trinajstić information content (AvgIpc) is 4.41. The first-order valence-electron chi connectivity index (χ1n) is 29.2. The van der Waals surface area contributed by atoms with Gasteiger partial charge in [0, 0.05) is 72.5 Å². The number of ketones is 2. The number of carbonyl (C=O) groups excluding carboxylic acids is 2. The van der Waals surface area contributed by atoms with E-state index in [4.69, 9.17) is 4.74 Å². The van der Waals surface area contributed by atoms with Gasteiger partial charge in [-0.1, -0.05) is 67.2 Å². The van der Waals surface area contributed by atoms with Crippen molar-refractivity contribution in [3.63, 3.8) is 0 Å². The van der Waals surface area contributed by atoms with Crippen LogP contribution in [0, 0.1) is 35.0 Å². The van der Waals surface area contributed by atoms with Crippen molar-refractivity contribution in [2.24, 2.45) is 23.2 Å². The molecule has 3 saturated carbocycles. The predicted octanol–water partition coefficient (Wildman–Crippen LogP) is 9.38. The molecule has 3 aromatic carbocycles. The molecule has 9 atom stereocenters. The number of phenols is 2. The number of ether oxygens (including phenoxy) is 1. The third-order valence-electron chi connectivity index (χ3n) is 19.6. The van der Waals surface area contributed by atoms with Crippen LogP contribution in [0.4, 0.5) is 5.82 Å². The minimum atomic E-state index is -1.47. The SMILES string of the molecule is CNCC1C#CC2Nc3[nH]ccc3Cc3cc(ccc3C3(CCC4(CCCC4)C3)C1O)C(O)c1cc(cc(OC3CCCC3)c1O)CCC(=O)C(CCO)C(=O)C1C2=Cc2[nH]ccc2C1CC1(O)C=Cc2c(O)cccc2CC1. The van der Waals surface area contributed by atoms with E-state index in [9.17, 15) is 30.6 Å². The van der Waals surface area contributed by atoms with Crippen LogP contribution in [0.5, 0.6) is 17.2 Å². The summed E-state index contributed by atoms with van der Waals surface area (Å²) in [6.45, 7) is -0.0661. The lowest BCUT2D eigenvalue weighted by Gasteiger charge is -2.41. The fourth-order valence-corrected chi connectivity index (χ4v) is 15.6. The second kappa shape index (κ2) is 21.6. The number of hydrogen-bond donors (Lipinski definition) is 10. The first-order chi connectivity index (χ1) is 38.3. The summed E-state index contributed by atoms with van der Waals surface area (Å²) in [6, 6.07) is 18.1. The maximum atomic E-state index is 16.3. The molecule has 10 N–H and O–H groups in total. The predicted molar refractivity (Wildman–Crippen MR) is 304 cm³/mol. The van der Waals surface area contributed by atoms with Crippen molar-refractivity contribution in [1.82, 2.24) is 15.3 Å². The molecule has 2 aliphatic heterocycles. The Balaban J connectivity index is 1.07. The molecule has 12 rings (SSSR count). The molecular weight excluding hydrogens is 993 g/mol. The molecule has 5 bridgehead atoms. The van der Waals surface area contributed by atoms with Crippen LogP contribution in [-0.2, 0) is 34.3 Å². The van der Waals surface area contributed by atoms with Gasteiger partial charge in [-0.2, -0.15) is 0 Å². The molecule has 3 fully saturated rings. The van der Waals surface area contributed by atoms with Crippen LogP contribution in [0.1, 0.15) is 164 Å². The molecule has 5 aromatic rings. The van der Waals surface area contributed by atoms with Crippen molar-refractivity contribution in [1.29, 1.82) is 0 Å². The Morgan fingerprint density at radius 2 is 1.66 bits per heavy atom. The molecule has 79 heavy (non-hydrogen) atoms. The third kappa shape index (κ3) is 9.96. The Kier molecular flexibility index (Phi) is 14.5. The number of phenolic OH excluding ortho intramolecular Hbond substituents is 2. The van der Waals surface area contributed by atoms with Crippen molar-refractivity contribution >= 4 is 29.5 Å². The summed E-state index contributed by atoms with van der Waals surface area (Å²) < 4.78 is 6.54. The Hall–Kier alpha value is -6.40. The van der Waals surface area contributed by atoms with Gasteiger partial charge in [0.25, 0.3) is 0 Å². The van der Waals surface area contributed by atoms with Crippen molar-refractivity contribution in [3.05, 3.63) is 140 Å². The van der Waals surface area contributed by atoms with E-state index < -0.39 is 65.3 Å². The van der Waals surface area contributed by atoms with Gasteiger partial charge in [0.1, 0.15) is 29.5 Å². The number of H-pyrrole nitrogens is 2. The van der Waals surface area contributed by atoms with Crippen LogP contribution < -0.4 is 15.4 Å². The number of carbonyl (C=O) groups is 2. The molecule has 2 spiro atoms. The van der Waals surface area contributed by atoms with Gasteiger partial charge < -0.3 is 56.0 Å². The van der Waals surface area contributed by atoms with E-state index in [1.807, 2.05) is 49.8 Å². The van der Waals surface area contributed by atoms with Crippen molar-refractivity contribution in [2.45, 2.75) is 157 Å². The number of rotatable bonds is 8. The van der Waals surface area contributed by atoms with Gasteiger partial charge in [0.2, 0.25) is 0 Å². The molecule has 4 heterocycles. The van der Waals surface area contributed by atoms with Crippen molar-refractivity contribution < 1.29 is 45.0 Å². The summed E-state index contributed by atoms with van der Waals surface area (Å²) in [4.78, 5) is 38.3. The minimum Gasteiger partial charge on any atom is -0.507 e. The van der Waals surface area contributed by atoms with Crippen LogP contribution in [0.15, 0.2) is 84.7 Å². The molecule has 2 aromatic heterocycles. The van der Waals surface area contributed by atoms with Crippen LogP contribution >= 0.6 is 0 Å². The molecule has 7 aliphatic rings. The first kappa shape index (κ1) is 53.3. The van der Waals surface area contributed by atoms with Gasteiger partial charge >= 0.3 is 0 Å². The first-order valence-corrected chi connectivity index (χ1v) is 29.2. The number of nitrogens with one attached hydrogen (secondary N) is 4. The van der Waals surface area contributed by atoms with E-state index in [0.29, 0.717) is 53.9 Å². The number of aryl methyl sites for hydroxylation is 2. The summed E-state index contributed by atoms with van der Waals surface area (Å²) in [5, 5.41) is 80.2. The Bertz CT molecular complexity index is 3260. The van der Waals surface area contributed by atoms with Crippen LogP contribution in [0.3, 0.4) is 0 Å². The minimum absolute atomic E-state index is 0.0637. The summed E-state index contributed by atoms with van der Waals surface area (Å²) in [5.74, 6) is 3.79. The summed E-state index contributed by atoms with van der Waals surface area (Å²) in [7, 11) is 1.87. The van der Waals surface area contributed by atoms with E-state index >= 15 is 9.59 Å². The molecule has 0 radical (unpaired) electrons. The molecule has 0 saturated heterocycles. The molecule has 13 nitrogen and oxygen atoms in total. The molecule has 9 unspecified atom stereocenters. The number of aromatic hydroxyl groups is 2. The number of fused-ring (bicyclic) bond motifs is 9. The second-order valence-electron chi connectivity index (χ2n) is 24.4. The largest absolute Gasteiger partial charge is 0.507 e. The number of aromatic nitrogens is 2. The number of aromatic amines is 2. The number of Topliss-reactive ketones (excluding diaryl/α,β-unsaturated/α-hetero) is 2. The quantitative estimate of drug-likeness (QED) is 0.0521. The van der Waals surface area contributed by atoms with Crippen LogP contribution in [-0.4, -0.2) is 96.2 Å². The van der Waals surface area contributed by atoms with Gasteiger partial charge in [-0.3, -0.25) is 9.59 Å². The normalized spacial score (nSPS) is 29.3. The Labute approximate surface area is 463 Å². The number of aliphatic hydroxyl groups excluding tert-OH is 3. The van der Waals surface area contributed by atoms with Gasteiger partial charge in [-0.25, -0.2) is 0 Å². The summed E-state index contributed by atoms with van der Waals surface area (Å²) in [5.41, 5.74) is 5.87. The molecule has 414 valence electrons. The fourth-order valence-electron chi connectivity index (χ4n) is 15.6. The topological polar surface area (TPSA) is 220 Å². The zero-order valence-corrected chi connectivity index (χ0v) is 45.3. The maximum absolute atomic E-state index is 16.3. The monoisotopic (exact) mass is 1070 g/mol. The highest BCUT2D eigenvalue weighted by Crippen LogP contribution is 2.61. The summed E-state index contributed by atoms with van der Waals surface area (Å²) in [6.07, 6.45) is 18.7. The van der Waals surface area contributed by atoms with Gasteiger partial charge in [-0.15, -0.1) is 0 Å². The molecular formula is C66H76N4O9. The number of anilines is 1. The van der Waals surface area contributed by atoms with Crippen LogP contribution in [0.25, 0.3) is 12.2 Å². The van der Waals surface area contributed by atoms with E-state index in [1.165, 1.54) is 0 Å². The van der Waals surface area contributed by atoms with Gasteiger partial charge in [0.05, 0.1) is 29.6 Å². The van der Waals surface area contributed by atoms with Crippen molar-refractivity contribution in [2.75, 3.05) is 25.5 Å². The number of hydrogen-bond acceptors (Lipinski definition) is 11. The molecule has 13 heteroatoms.